The first kappa shape index (κ1) is 21.9. The van der Waals surface area contributed by atoms with Crippen molar-refractivity contribution in [1.29, 1.82) is 0 Å². The summed E-state index contributed by atoms with van der Waals surface area (Å²) in [5, 5.41) is 1.88. The fourth-order valence-corrected chi connectivity index (χ4v) is 3.68. The molecule has 0 saturated heterocycles. The number of hydrogen-bond acceptors (Lipinski definition) is 6. The summed E-state index contributed by atoms with van der Waals surface area (Å²) in [6.07, 6.45) is 2.94. The van der Waals surface area contributed by atoms with E-state index in [2.05, 4.69) is 10.9 Å². The van der Waals surface area contributed by atoms with Crippen LogP contribution in [0.25, 0.3) is 0 Å². The quantitative estimate of drug-likeness (QED) is 0.705. The molecule has 1 aromatic heterocycles. The summed E-state index contributed by atoms with van der Waals surface area (Å²) < 4.78 is 5.61. The number of hydrazine groups is 1. The maximum atomic E-state index is 13.1. The van der Waals surface area contributed by atoms with E-state index in [1.165, 1.54) is 11.3 Å². The predicted molar refractivity (Wildman–Crippen MR) is 118 cm³/mol. The zero-order chi connectivity index (χ0) is 21.6. The Hall–Kier alpha value is -2.84. The number of rotatable bonds is 7. The standard InChI is InChI=1S/C22H28N4O3S/c1-22(2,3)29-21(28)25(16-17-8-5-4-6-9-17)13-14-26(19-11-12-23-24-19)20(27)18-10-7-15-30-18/h4-12,15,19,23-24H,13-14,16H2,1-3H3. The van der Waals surface area contributed by atoms with Crippen LogP contribution in [0.5, 0.6) is 0 Å². The molecule has 2 heterocycles. The molecule has 2 aromatic rings. The van der Waals surface area contributed by atoms with Crippen LogP contribution in [0, 0.1) is 0 Å². The van der Waals surface area contributed by atoms with Crippen molar-refractivity contribution >= 4 is 23.3 Å². The van der Waals surface area contributed by atoms with Gasteiger partial charge < -0.3 is 20.0 Å². The van der Waals surface area contributed by atoms with Gasteiger partial charge in [-0.25, -0.2) is 10.2 Å². The molecule has 0 spiro atoms. The second-order valence-corrected chi connectivity index (χ2v) is 8.90. The normalized spacial score (nSPS) is 15.5. The van der Waals surface area contributed by atoms with Crippen molar-refractivity contribution in [3.05, 3.63) is 70.6 Å². The second-order valence-electron chi connectivity index (χ2n) is 7.96. The number of benzene rings is 1. The van der Waals surface area contributed by atoms with Crippen LogP contribution < -0.4 is 10.9 Å². The van der Waals surface area contributed by atoms with Crippen molar-refractivity contribution in [3.8, 4) is 0 Å². The lowest BCUT2D eigenvalue weighted by Gasteiger charge is -2.32. The Morgan fingerprint density at radius 3 is 2.47 bits per heavy atom. The third-order valence-corrected chi connectivity index (χ3v) is 5.26. The maximum Gasteiger partial charge on any atom is 0.410 e. The first-order chi connectivity index (χ1) is 14.3. The van der Waals surface area contributed by atoms with Gasteiger partial charge in [-0.1, -0.05) is 36.4 Å². The molecule has 3 rings (SSSR count). The van der Waals surface area contributed by atoms with Gasteiger partial charge in [0.25, 0.3) is 5.91 Å². The van der Waals surface area contributed by atoms with Crippen molar-refractivity contribution in [2.24, 2.45) is 0 Å². The van der Waals surface area contributed by atoms with Gasteiger partial charge >= 0.3 is 6.09 Å². The van der Waals surface area contributed by atoms with Crippen LogP contribution in [0.15, 0.2) is 60.1 Å². The monoisotopic (exact) mass is 428 g/mol. The highest BCUT2D eigenvalue weighted by molar-refractivity contribution is 7.12. The Labute approximate surface area is 181 Å². The van der Waals surface area contributed by atoms with E-state index in [0.29, 0.717) is 24.5 Å². The van der Waals surface area contributed by atoms with E-state index >= 15 is 0 Å². The summed E-state index contributed by atoms with van der Waals surface area (Å²) in [6.45, 7) is 6.63. The Morgan fingerprint density at radius 1 is 1.10 bits per heavy atom. The minimum atomic E-state index is -0.599. The number of carbonyl (C=O) groups excluding carboxylic acids is 2. The first-order valence-corrected chi connectivity index (χ1v) is 10.8. The number of thiophene rings is 1. The third-order valence-electron chi connectivity index (χ3n) is 4.40. The molecule has 0 aliphatic carbocycles. The molecule has 0 bridgehead atoms. The molecule has 0 fully saturated rings. The molecule has 30 heavy (non-hydrogen) atoms. The van der Waals surface area contributed by atoms with Gasteiger partial charge in [-0.05, 0) is 43.9 Å². The second kappa shape index (κ2) is 9.77. The summed E-state index contributed by atoms with van der Waals surface area (Å²) in [7, 11) is 0. The van der Waals surface area contributed by atoms with Gasteiger partial charge in [0.1, 0.15) is 11.8 Å². The Balaban J connectivity index is 1.75. The summed E-state index contributed by atoms with van der Waals surface area (Å²) in [5.41, 5.74) is 6.36. The van der Waals surface area contributed by atoms with E-state index in [-0.39, 0.29) is 12.1 Å². The summed E-state index contributed by atoms with van der Waals surface area (Å²) in [4.78, 5) is 29.9. The summed E-state index contributed by atoms with van der Waals surface area (Å²) in [5.74, 6) is -0.0836. The first-order valence-electron chi connectivity index (χ1n) is 9.87. The van der Waals surface area contributed by atoms with Crippen LogP contribution in [-0.2, 0) is 11.3 Å². The molecule has 2 amide bonds. The number of nitrogens with one attached hydrogen (secondary N) is 2. The molecular formula is C22H28N4O3S. The maximum absolute atomic E-state index is 13.1. The average Bonchev–Trinajstić information content (AvgIpc) is 3.40. The van der Waals surface area contributed by atoms with Crippen molar-refractivity contribution < 1.29 is 14.3 Å². The van der Waals surface area contributed by atoms with E-state index < -0.39 is 11.7 Å². The van der Waals surface area contributed by atoms with Gasteiger partial charge in [-0.15, -0.1) is 11.3 Å². The molecule has 0 saturated carbocycles. The largest absolute Gasteiger partial charge is 0.444 e. The number of ether oxygens (including phenoxy) is 1. The SMILES string of the molecule is CC(C)(C)OC(=O)N(CCN(C(=O)c1cccs1)C1C=CNN1)Cc1ccccc1. The number of amides is 2. The lowest BCUT2D eigenvalue weighted by Crippen LogP contribution is -2.51. The van der Waals surface area contributed by atoms with Gasteiger partial charge in [-0.2, -0.15) is 0 Å². The number of hydrogen-bond donors (Lipinski definition) is 2. The highest BCUT2D eigenvalue weighted by Crippen LogP contribution is 2.17. The van der Waals surface area contributed by atoms with Crippen molar-refractivity contribution in [2.75, 3.05) is 13.1 Å². The van der Waals surface area contributed by atoms with Crippen molar-refractivity contribution in [2.45, 2.75) is 39.1 Å². The number of carbonyl (C=O) groups is 2. The van der Waals surface area contributed by atoms with Crippen LogP contribution in [0.2, 0.25) is 0 Å². The van der Waals surface area contributed by atoms with Crippen LogP contribution >= 0.6 is 11.3 Å². The Kier molecular flexibility index (Phi) is 7.12. The highest BCUT2D eigenvalue weighted by Gasteiger charge is 2.28. The topological polar surface area (TPSA) is 73.9 Å². The number of nitrogens with zero attached hydrogens (tertiary/aromatic N) is 2. The molecule has 0 radical (unpaired) electrons. The van der Waals surface area contributed by atoms with E-state index in [1.54, 1.807) is 16.0 Å². The molecular weight excluding hydrogens is 400 g/mol. The lowest BCUT2D eigenvalue weighted by atomic mass is 10.2. The van der Waals surface area contributed by atoms with Crippen molar-refractivity contribution in [1.82, 2.24) is 20.7 Å². The Morgan fingerprint density at radius 2 is 1.87 bits per heavy atom. The summed E-state index contributed by atoms with van der Waals surface area (Å²) >= 11 is 1.40. The van der Waals surface area contributed by atoms with Crippen LogP contribution in [0.1, 0.15) is 36.0 Å². The molecule has 1 aliphatic heterocycles. The molecule has 8 heteroatoms. The molecule has 1 unspecified atom stereocenters. The van der Waals surface area contributed by atoms with E-state index in [9.17, 15) is 9.59 Å². The van der Waals surface area contributed by atoms with Crippen LogP contribution in [0.4, 0.5) is 4.79 Å². The molecule has 7 nitrogen and oxygen atoms in total. The lowest BCUT2D eigenvalue weighted by molar-refractivity contribution is 0.0201. The molecule has 1 aliphatic rings. The Bertz CT molecular complexity index is 862. The predicted octanol–water partition coefficient (Wildman–Crippen LogP) is 3.58. The fraction of sp³-hybridized carbons (Fsp3) is 0.364. The third kappa shape index (κ3) is 6.08. The highest BCUT2D eigenvalue weighted by atomic mass is 32.1. The summed E-state index contributed by atoms with van der Waals surface area (Å²) in [6, 6.07) is 13.4. The van der Waals surface area contributed by atoms with Gasteiger partial charge in [0.05, 0.1) is 4.88 Å². The van der Waals surface area contributed by atoms with E-state index in [0.717, 1.165) is 5.56 Å². The minimum Gasteiger partial charge on any atom is -0.444 e. The molecule has 1 aromatic carbocycles. The van der Waals surface area contributed by atoms with Gasteiger partial charge in [0.15, 0.2) is 0 Å². The minimum absolute atomic E-state index is 0.0836. The molecule has 2 N–H and O–H groups in total. The van der Waals surface area contributed by atoms with Crippen molar-refractivity contribution in [3.63, 3.8) is 0 Å². The molecule has 160 valence electrons. The molecule has 1 atom stereocenters. The average molecular weight is 429 g/mol. The van der Waals surface area contributed by atoms with E-state index in [4.69, 9.17) is 4.74 Å². The van der Waals surface area contributed by atoms with Gasteiger partial charge in [0.2, 0.25) is 0 Å². The van der Waals surface area contributed by atoms with Gasteiger partial charge in [-0.3, -0.25) is 4.79 Å². The zero-order valence-corrected chi connectivity index (χ0v) is 18.3. The van der Waals surface area contributed by atoms with Gasteiger partial charge in [0, 0.05) is 25.8 Å². The van der Waals surface area contributed by atoms with Crippen LogP contribution in [0.3, 0.4) is 0 Å². The fourth-order valence-electron chi connectivity index (χ4n) is 3.01. The van der Waals surface area contributed by atoms with E-state index in [1.807, 2.05) is 74.7 Å². The smallest absolute Gasteiger partial charge is 0.410 e. The van der Waals surface area contributed by atoms with Crippen LogP contribution in [-0.4, -0.2) is 46.7 Å². The zero-order valence-electron chi connectivity index (χ0n) is 17.5.